The van der Waals surface area contributed by atoms with Crippen LogP contribution < -0.4 is 5.73 Å². The van der Waals surface area contributed by atoms with E-state index in [-0.39, 0.29) is 5.91 Å². The van der Waals surface area contributed by atoms with E-state index in [1.165, 1.54) is 0 Å². The minimum Gasteiger partial charge on any atom is -0.366 e. The van der Waals surface area contributed by atoms with Gasteiger partial charge in [-0.2, -0.15) is 0 Å². The van der Waals surface area contributed by atoms with Crippen molar-refractivity contribution in [3.63, 3.8) is 0 Å². The molecule has 1 aliphatic rings. The van der Waals surface area contributed by atoms with Gasteiger partial charge >= 0.3 is 0 Å². The number of rotatable bonds is 3. The van der Waals surface area contributed by atoms with E-state index in [1.54, 1.807) is 0 Å². The Kier molecular flexibility index (Phi) is 2.35. The molecule has 1 fully saturated rings. The van der Waals surface area contributed by atoms with Gasteiger partial charge in [0, 0.05) is 5.57 Å². The number of hydrogen-bond acceptors (Lipinski definition) is 1. The Balaban J connectivity index is 2.26. The van der Waals surface area contributed by atoms with Crippen LogP contribution in [-0.4, -0.2) is 5.91 Å². The Bertz CT molecular complexity index is 363. The number of amides is 1. The molecule has 0 unspecified atom stereocenters. The molecule has 1 saturated carbocycles. The molecule has 0 aromatic heterocycles. The fourth-order valence-electron chi connectivity index (χ4n) is 1.51. The highest BCUT2D eigenvalue weighted by Gasteiger charge is 2.28. The first-order valence-electron chi connectivity index (χ1n) is 4.84. The number of nitrogens with two attached hydrogens (primary N) is 1. The largest absolute Gasteiger partial charge is 0.366 e. The Morgan fingerprint density at radius 3 is 2.43 bits per heavy atom. The first-order chi connectivity index (χ1) is 6.77. The minimum atomic E-state index is -0.281. The van der Waals surface area contributed by atoms with Crippen LogP contribution >= 0.6 is 0 Å². The van der Waals surface area contributed by atoms with Crippen molar-refractivity contribution in [3.05, 3.63) is 41.5 Å². The van der Waals surface area contributed by atoms with Gasteiger partial charge in [0.25, 0.3) is 0 Å². The molecule has 0 spiro atoms. The Morgan fingerprint density at radius 1 is 1.29 bits per heavy atom. The van der Waals surface area contributed by atoms with Crippen LogP contribution in [0.4, 0.5) is 0 Å². The quantitative estimate of drug-likeness (QED) is 0.722. The lowest BCUT2D eigenvalue weighted by molar-refractivity contribution is -0.114. The van der Waals surface area contributed by atoms with E-state index >= 15 is 0 Å². The predicted molar refractivity (Wildman–Crippen MR) is 56.3 cm³/mol. The molecule has 2 nitrogen and oxygen atoms in total. The smallest absolute Gasteiger partial charge is 0.244 e. The van der Waals surface area contributed by atoms with Crippen LogP contribution in [0, 0.1) is 5.92 Å². The highest BCUT2D eigenvalue weighted by molar-refractivity contribution is 5.97. The molecule has 1 amide bonds. The maximum atomic E-state index is 11.1. The van der Waals surface area contributed by atoms with Gasteiger partial charge < -0.3 is 5.73 Å². The summed E-state index contributed by atoms with van der Waals surface area (Å²) >= 11 is 0. The minimum absolute atomic E-state index is 0.281. The molecule has 0 aliphatic heterocycles. The maximum Gasteiger partial charge on any atom is 0.244 e. The fourth-order valence-corrected chi connectivity index (χ4v) is 1.51. The van der Waals surface area contributed by atoms with E-state index in [2.05, 4.69) is 0 Å². The van der Waals surface area contributed by atoms with Gasteiger partial charge in [-0.25, -0.2) is 0 Å². The van der Waals surface area contributed by atoms with E-state index in [0.29, 0.717) is 5.92 Å². The lowest BCUT2D eigenvalue weighted by atomic mass is 10.1. The highest BCUT2D eigenvalue weighted by atomic mass is 16.1. The van der Waals surface area contributed by atoms with Crippen molar-refractivity contribution in [2.45, 2.75) is 12.8 Å². The zero-order chi connectivity index (χ0) is 9.97. The molecule has 2 heteroatoms. The van der Waals surface area contributed by atoms with Crippen molar-refractivity contribution in [1.29, 1.82) is 0 Å². The summed E-state index contributed by atoms with van der Waals surface area (Å²) in [5.41, 5.74) is 7.14. The van der Waals surface area contributed by atoms with Crippen LogP contribution in [0.15, 0.2) is 35.9 Å². The molecule has 1 aromatic rings. The summed E-state index contributed by atoms with van der Waals surface area (Å²) in [5.74, 6) is 0.129. The summed E-state index contributed by atoms with van der Waals surface area (Å²) < 4.78 is 0. The van der Waals surface area contributed by atoms with E-state index in [1.807, 2.05) is 36.4 Å². The van der Waals surface area contributed by atoms with Crippen molar-refractivity contribution >= 4 is 12.0 Å². The van der Waals surface area contributed by atoms with Crippen LogP contribution in [0.1, 0.15) is 18.4 Å². The van der Waals surface area contributed by atoms with Gasteiger partial charge in [-0.3, -0.25) is 4.79 Å². The number of benzene rings is 1. The molecular weight excluding hydrogens is 174 g/mol. The molecule has 0 atom stereocenters. The van der Waals surface area contributed by atoms with Gasteiger partial charge in [-0.15, -0.1) is 0 Å². The molecule has 2 N–H and O–H groups in total. The maximum absolute atomic E-state index is 11.1. The topological polar surface area (TPSA) is 43.1 Å². The predicted octanol–water partition coefficient (Wildman–Crippen LogP) is 1.97. The number of carbonyl (C=O) groups excluding carboxylic acids is 1. The number of hydrogen-bond donors (Lipinski definition) is 1. The normalized spacial score (nSPS) is 16.7. The molecule has 1 aromatic carbocycles. The average molecular weight is 187 g/mol. The Hall–Kier alpha value is -1.57. The molecule has 14 heavy (non-hydrogen) atoms. The summed E-state index contributed by atoms with van der Waals surface area (Å²) in [6, 6.07) is 9.82. The van der Waals surface area contributed by atoms with E-state index < -0.39 is 0 Å². The van der Waals surface area contributed by atoms with Gasteiger partial charge in [0.1, 0.15) is 0 Å². The highest BCUT2D eigenvalue weighted by Crippen LogP contribution is 2.37. The molecule has 72 valence electrons. The Morgan fingerprint density at radius 2 is 1.93 bits per heavy atom. The Labute approximate surface area is 83.4 Å². The zero-order valence-electron chi connectivity index (χ0n) is 7.94. The lowest BCUT2D eigenvalue weighted by Crippen LogP contribution is -2.15. The summed E-state index contributed by atoms with van der Waals surface area (Å²) in [6.07, 6.45) is 4.10. The third kappa shape index (κ3) is 2.02. The summed E-state index contributed by atoms with van der Waals surface area (Å²) in [4.78, 5) is 11.1. The van der Waals surface area contributed by atoms with Crippen molar-refractivity contribution in [1.82, 2.24) is 0 Å². The molecule has 0 bridgehead atoms. The average Bonchev–Trinajstić information content (AvgIpc) is 2.99. The molecular formula is C12H13NO. The van der Waals surface area contributed by atoms with E-state index in [9.17, 15) is 4.79 Å². The SMILES string of the molecule is NC(=O)C(=Cc1ccccc1)C1CC1. The van der Waals surface area contributed by atoms with Crippen LogP contribution in [-0.2, 0) is 4.79 Å². The van der Waals surface area contributed by atoms with E-state index in [4.69, 9.17) is 5.73 Å². The monoisotopic (exact) mass is 187 g/mol. The molecule has 2 rings (SSSR count). The standard InChI is InChI=1S/C12H13NO/c13-12(14)11(10-6-7-10)8-9-4-2-1-3-5-9/h1-5,8,10H,6-7H2,(H2,13,14). The third-order valence-electron chi connectivity index (χ3n) is 2.42. The summed E-state index contributed by atoms with van der Waals surface area (Å²) in [6.45, 7) is 0. The first kappa shape index (κ1) is 9.00. The van der Waals surface area contributed by atoms with Crippen LogP contribution in [0.3, 0.4) is 0 Å². The van der Waals surface area contributed by atoms with Crippen molar-refractivity contribution in [2.24, 2.45) is 11.7 Å². The van der Waals surface area contributed by atoms with Crippen molar-refractivity contribution in [3.8, 4) is 0 Å². The van der Waals surface area contributed by atoms with Gasteiger partial charge in [-0.1, -0.05) is 30.3 Å². The zero-order valence-corrected chi connectivity index (χ0v) is 7.94. The van der Waals surface area contributed by atoms with Crippen molar-refractivity contribution in [2.75, 3.05) is 0 Å². The number of primary amides is 1. The molecule has 0 heterocycles. The van der Waals surface area contributed by atoms with Crippen molar-refractivity contribution < 1.29 is 4.79 Å². The molecule has 0 saturated heterocycles. The second-order valence-corrected chi connectivity index (χ2v) is 3.65. The third-order valence-corrected chi connectivity index (χ3v) is 2.42. The fraction of sp³-hybridized carbons (Fsp3) is 0.250. The molecule has 1 aliphatic carbocycles. The van der Waals surface area contributed by atoms with Gasteiger partial charge in [0.2, 0.25) is 5.91 Å². The number of carbonyl (C=O) groups is 1. The summed E-state index contributed by atoms with van der Waals surface area (Å²) in [7, 11) is 0. The first-order valence-corrected chi connectivity index (χ1v) is 4.84. The van der Waals surface area contributed by atoms with Gasteiger partial charge in [-0.05, 0) is 30.4 Å². The van der Waals surface area contributed by atoms with E-state index in [0.717, 1.165) is 24.0 Å². The van der Waals surface area contributed by atoms with Crippen LogP contribution in [0.2, 0.25) is 0 Å². The second-order valence-electron chi connectivity index (χ2n) is 3.65. The summed E-state index contributed by atoms with van der Waals surface area (Å²) in [5, 5.41) is 0. The van der Waals surface area contributed by atoms with Crippen LogP contribution in [0.5, 0.6) is 0 Å². The van der Waals surface area contributed by atoms with Gasteiger partial charge in [0.15, 0.2) is 0 Å². The second kappa shape index (κ2) is 3.66. The van der Waals surface area contributed by atoms with Gasteiger partial charge in [0.05, 0.1) is 0 Å². The lowest BCUT2D eigenvalue weighted by Gasteiger charge is -2.00. The van der Waals surface area contributed by atoms with Crippen LogP contribution in [0.25, 0.3) is 6.08 Å². The molecule has 0 radical (unpaired) electrons.